The van der Waals surface area contributed by atoms with E-state index in [1.165, 1.54) is 12.1 Å². The van der Waals surface area contributed by atoms with E-state index in [-0.39, 0.29) is 30.6 Å². The van der Waals surface area contributed by atoms with Gasteiger partial charge in [0, 0.05) is 0 Å². The van der Waals surface area contributed by atoms with E-state index < -0.39 is 47.0 Å². The van der Waals surface area contributed by atoms with Crippen molar-refractivity contribution in [3.05, 3.63) is 23.8 Å². The molecule has 0 aliphatic heterocycles. The number of carbonyl (C=O) groups excluding carboxylic acids is 4. The van der Waals surface area contributed by atoms with Gasteiger partial charge in [-0.2, -0.15) is 0 Å². The average molecular weight is 524 g/mol. The number of nitrogens with two attached hydrogens (primary N) is 1. The van der Waals surface area contributed by atoms with E-state index in [1.54, 1.807) is 61.5 Å². The number of hydrogen-bond acceptors (Lipinski definition) is 10. The van der Waals surface area contributed by atoms with Crippen LogP contribution < -0.4 is 15.2 Å². The van der Waals surface area contributed by atoms with E-state index in [1.807, 2.05) is 6.92 Å². The van der Waals surface area contributed by atoms with Gasteiger partial charge in [-0.05, 0) is 85.9 Å². The van der Waals surface area contributed by atoms with Crippen LogP contribution in [-0.4, -0.2) is 48.9 Å². The Labute approximate surface area is 219 Å². The van der Waals surface area contributed by atoms with Gasteiger partial charge < -0.3 is 29.4 Å². The van der Waals surface area contributed by atoms with Crippen molar-refractivity contribution in [2.24, 2.45) is 16.6 Å². The fourth-order valence-corrected chi connectivity index (χ4v) is 2.47. The molecule has 208 valence electrons. The molecule has 1 aromatic rings. The number of esters is 3. The predicted octanol–water partition coefficient (Wildman–Crippen LogP) is 4.34. The monoisotopic (exact) mass is 523 g/mol. The fourth-order valence-electron chi connectivity index (χ4n) is 2.47. The van der Waals surface area contributed by atoms with E-state index in [9.17, 15) is 19.2 Å². The Bertz CT molecular complexity index is 960. The molecule has 10 nitrogen and oxygen atoms in total. The molecule has 0 saturated heterocycles. The molecular weight excluding hydrogens is 482 g/mol. The van der Waals surface area contributed by atoms with Crippen LogP contribution in [-0.2, 0) is 35.0 Å². The van der Waals surface area contributed by atoms with Gasteiger partial charge in [0.1, 0.15) is 24.9 Å². The van der Waals surface area contributed by atoms with E-state index in [0.717, 1.165) is 0 Å². The Hall–Kier alpha value is -3.14. The molecule has 0 spiro atoms. The molecule has 10 heteroatoms. The van der Waals surface area contributed by atoms with Crippen molar-refractivity contribution in [2.45, 2.75) is 93.4 Å². The third-order valence-corrected chi connectivity index (χ3v) is 5.03. The molecule has 0 aliphatic rings. The van der Waals surface area contributed by atoms with Crippen LogP contribution in [0.2, 0.25) is 0 Å². The first-order valence-electron chi connectivity index (χ1n) is 12.3. The summed E-state index contributed by atoms with van der Waals surface area (Å²) in [6, 6.07) is 3.55. The molecule has 0 saturated carbocycles. The van der Waals surface area contributed by atoms with Crippen molar-refractivity contribution in [2.75, 3.05) is 6.61 Å². The van der Waals surface area contributed by atoms with Crippen molar-refractivity contribution in [3.63, 3.8) is 0 Å². The van der Waals surface area contributed by atoms with Crippen LogP contribution in [0.1, 0.15) is 74.3 Å². The SMILES string of the molecule is CCC(C)OC(=O)O[C@@H](C)COC(=O)[C@@H](N)Cc1ccc(OC(=O)C(C)(C)C)c(OC(=O)C(C)(C)C)c1. The molecule has 0 aromatic heterocycles. The van der Waals surface area contributed by atoms with E-state index in [0.29, 0.717) is 12.0 Å². The summed E-state index contributed by atoms with van der Waals surface area (Å²) in [6.45, 7) is 15.2. The third-order valence-electron chi connectivity index (χ3n) is 5.03. The lowest BCUT2D eigenvalue weighted by molar-refractivity contribution is -0.148. The lowest BCUT2D eigenvalue weighted by Crippen LogP contribution is -2.36. The Morgan fingerprint density at radius 2 is 1.35 bits per heavy atom. The minimum absolute atomic E-state index is 0.0393. The van der Waals surface area contributed by atoms with Gasteiger partial charge in [-0.25, -0.2) is 4.79 Å². The van der Waals surface area contributed by atoms with Crippen LogP contribution in [0.25, 0.3) is 0 Å². The minimum Gasteiger partial charge on any atom is -0.461 e. The molecular formula is C27H41NO9. The van der Waals surface area contributed by atoms with Crippen LogP contribution in [0, 0.1) is 10.8 Å². The highest BCUT2D eigenvalue weighted by Gasteiger charge is 2.29. The van der Waals surface area contributed by atoms with Crippen molar-refractivity contribution in [1.29, 1.82) is 0 Å². The summed E-state index contributed by atoms with van der Waals surface area (Å²) in [6.07, 6.45) is -1.16. The zero-order valence-corrected chi connectivity index (χ0v) is 23.3. The van der Waals surface area contributed by atoms with Gasteiger partial charge in [0.25, 0.3) is 0 Å². The van der Waals surface area contributed by atoms with Crippen molar-refractivity contribution in [3.8, 4) is 11.5 Å². The molecule has 1 aromatic carbocycles. The van der Waals surface area contributed by atoms with Gasteiger partial charge in [-0.1, -0.05) is 13.0 Å². The number of ether oxygens (including phenoxy) is 5. The molecule has 2 N–H and O–H groups in total. The van der Waals surface area contributed by atoms with Crippen LogP contribution in [0.4, 0.5) is 4.79 Å². The Kier molecular flexibility index (Phi) is 11.6. The first-order chi connectivity index (χ1) is 16.9. The second-order valence-electron chi connectivity index (χ2n) is 11.0. The van der Waals surface area contributed by atoms with Gasteiger partial charge in [0.05, 0.1) is 10.8 Å². The molecule has 3 atom stereocenters. The highest BCUT2D eigenvalue weighted by atomic mass is 16.7. The van der Waals surface area contributed by atoms with E-state index in [4.69, 9.17) is 29.4 Å². The Morgan fingerprint density at radius 3 is 1.86 bits per heavy atom. The topological polar surface area (TPSA) is 140 Å². The van der Waals surface area contributed by atoms with Crippen LogP contribution in [0.3, 0.4) is 0 Å². The predicted molar refractivity (Wildman–Crippen MR) is 136 cm³/mol. The second-order valence-corrected chi connectivity index (χ2v) is 11.0. The smallest absolute Gasteiger partial charge is 0.461 e. The Morgan fingerprint density at radius 1 is 0.838 bits per heavy atom. The summed E-state index contributed by atoms with van der Waals surface area (Å²) in [7, 11) is 0. The highest BCUT2D eigenvalue weighted by Crippen LogP contribution is 2.33. The second kappa shape index (κ2) is 13.4. The number of hydrogen-bond donors (Lipinski definition) is 1. The van der Waals surface area contributed by atoms with Crippen molar-refractivity contribution >= 4 is 24.1 Å². The van der Waals surface area contributed by atoms with Crippen LogP contribution >= 0.6 is 0 Å². The normalized spacial score (nSPS) is 14.1. The summed E-state index contributed by atoms with van der Waals surface area (Å²) in [5.74, 6) is -1.62. The van der Waals surface area contributed by atoms with Gasteiger partial charge >= 0.3 is 24.1 Å². The summed E-state index contributed by atoms with van der Waals surface area (Å²) in [5, 5.41) is 0. The van der Waals surface area contributed by atoms with Gasteiger partial charge in [-0.15, -0.1) is 0 Å². The molecule has 0 fully saturated rings. The van der Waals surface area contributed by atoms with E-state index >= 15 is 0 Å². The number of rotatable bonds is 10. The molecule has 0 radical (unpaired) electrons. The van der Waals surface area contributed by atoms with Crippen molar-refractivity contribution < 1.29 is 42.9 Å². The molecule has 0 aliphatic carbocycles. The molecule has 37 heavy (non-hydrogen) atoms. The first kappa shape index (κ1) is 31.9. The summed E-state index contributed by atoms with van der Waals surface area (Å²) in [4.78, 5) is 49.0. The first-order valence-corrected chi connectivity index (χ1v) is 12.3. The van der Waals surface area contributed by atoms with Crippen LogP contribution in [0.5, 0.6) is 11.5 Å². The molecule has 1 rings (SSSR count). The molecule has 0 amide bonds. The van der Waals surface area contributed by atoms with Gasteiger partial charge in [0.2, 0.25) is 0 Å². The average Bonchev–Trinajstić information content (AvgIpc) is 2.77. The lowest BCUT2D eigenvalue weighted by Gasteiger charge is -2.21. The maximum atomic E-state index is 12.5. The van der Waals surface area contributed by atoms with Gasteiger partial charge in [-0.3, -0.25) is 14.4 Å². The van der Waals surface area contributed by atoms with Gasteiger partial charge in [0.15, 0.2) is 11.5 Å². The Balaban J connectivity index is 2.89. The van der Waals surface area contributed by atoms with Crippen molar-refractivity contribution in [1.82, 2.24) is 0 Å². The quantitative estimate of drug-likeness (QED) is 0.348. The summed E-state index contributed by atoms with van der Waals surface area (Å²) < 4.78 is 26.2. The largest absolute Gasteiger partial charge is 0.508 e. The summed E-state index contributed by atoms with van der Waals surface area (Å²) in [5.41, 5.74) is 4.99. The zero-order chi connectivity index (χ0) is 28.6. The number of carbonyl (C=O) groups is 4. The summed E-state index contributed by atoms with van der Waals surface area (Å²) >= 11 is 0. The molecule has 0 heterocycles. The standard InChI is InChI=1S/C27H41NO9/c1-10-16(2)34-25(32)35-17(3)15-33-22(29)19(28)13-18-11-12-20(36-23(30)26(4,5)6)21(14-18)37-24(31)27(7,8)9/h11-12,14,16-17,19H,10,13,15,28H2,1-9H3/t16?,17-,19-/m0/s1. The third kappa shape index (κ3) is 11.2. The lowest BCUT2D eigenvalue weighted by atomic mass is 9.97. The minimum atomic E-state index is -1.05. The highest BCUT2D eigenvalue weighted by molar-refractivity contribution is 5.81. The van der Waals surface area contributed by atoms with Crippen LogP contribution in [0.15, 0.2) is 18.2 Å². The van der Waals surface area contributed by atoms with E-state index in [2.05, 4.69) is 0 Å². The maximum Gasteiger partial charge on any atom is 0.508 e. The number of benzene rings is 1. The molecule has 1 unspecified atom stereocenters. The zero-order valence-electron chi connectivity index (χ0n) is 23.3. The maximum absolute atomic E-state index is 12.5. The fraction of sp³-hybridized carbons (Fsp3) is 0.630. The molecule has 0 bridgehead atoms.